The van der Waals surface area contributed by atoms with Gasteiger partial charge in [-0.1, -0.05) is 6.07 Å². The van der Waals surface area contributed by atoms with Crippen LogP contribution in [0.15, 0.2) is 67.1 Å². The molecule has 10 heteroatoms. The maximum absolute atomic E-state index is 14.7. The number of anilines is 1. The van der Waals surface area contributed by atoms with E-state index >= 15 is 0 Å². The van der Waals surface area contributed by atoms with Gasteiger partial charge in [0.2, 0.25) is 0 Å². The minimum Gasteiger partial charge on any atom is -0.384 e. The quantitative estimate of drug-likeness (QED) is 0.196. The predicted octanol–water partition coefficient (Wildman–Crippen LogP) is 5.94. The summed E-state index contributed by atoms with van der Waals surface area (Å²) in [6, 6.07) is 15.3. The number of likely N-dealkylation sites (tertiary alicyclic amines) is 1. The molecule has 5 heterocycles. The number of benzene rings is 2. The van der Waals surface area contributed by atoms with Crippen molar-refractivity contribution in [3.8, 4) is 33.9 Å². The largest absolute Gasteiger partial charge is 0.384 e. The first-order valence-corrected chi connectivity index (χ1v) is 14.7. The molecule has 0 saturated carbocycles. The third kappa shape index (κ3) is 5.71. The number of rotatable bonds is 9. The summed E-state index contributed by atoms with van der Waals surface area (Å²) in [5.41, 5.74) is 8.42. The van der Waals surface area contributed by atoms with Crippen LogP contribution in [-0.2, 0) is 6.54 Å². The molecule has 0 aliphatic carbocycles. The Kier molecular flexibility index (Phi) is 7.30. The van der Waals surface area contributed by atoms with Crippen molar-refractivity contribution in [2.45, 2.75) is 19.4 Å². The molecule has 1 saturated heterocycles. The Bertz CT molecular complexity index is 1900. The molecule has 0 spiro atoms. The number of aromatic amines is 2. The molecule has 7 rings (SSSR count). The number of fused-ring (bicyclic) bond motifs is 2. The molecule has 4 aromatic heterocycles. The number of hydrogen-bond donors (Lipinski definition) is 3. The minimum absolute atomic E-state index is 0.329. The number of nitrogens with one attached hydrogen (secondary N) is 3. The van der Waals surface area contributed by atoms with Gasteiger partial charge in [0.25, 0.3) is 0 Å². The SMILES string of the molecule is CN(C)CCNc1cc(F)cc(-c2nccc3[nH]c(-c4n[nH]c5ccc(-c6cncc(CN7CCCC7)c6)cc45)nc23)c1. The van der Waals surface area contributed by atoms with E-state index in [9.17, 15) is 4.39 Å². The lowest BCUT2D eigenvalue weighted by atomic mass is 10.0. The van der Waals surface area contributed by atoms with E-state index in [2.05, 4.69) is 58.5 Å². The van der Waals surface area contributed by atoms with Crippen LogP contribution in [-0.4, -0.2) is 80.2 Å². The van der Waals surface area contributed by atoms with Crippen molar-refractivity contribution in [2.24, 2.45) is 0 Å². The van der Waals surface area contributed by atoms with Crippen molar-refractivity contribution in [3.63, 3.8) is 0 Å². The molecule has 0 atom stereocenters. The molecule has 0 unspecified atom stereocenters. The van der Waals surface area contributed by atoms with Gasteiger partial charge in [-0.05, 0) is 93.6 Å². The molecule has 1 fully saturated rings. The van der Waals surface area contributed by atoms with Gasteiger partial charge in [0.15, 0.2) is 5.82 Å². The van der Waals surface area contributed by atoms with Crippen molar-refractivity contribution >= 4 is 27.6 Å². The molecule has 0 bridgehead atoms. The topological polar surface area (TPSA) is 102 Å². The van der Waals surface area contributed by atoms with Crippen LogP contribution < -0.4 is 5.32 Å². The highest BCUT2D eigenvalue weighted by Gasteiger charge is 2.18. The fourth-order valence-electron chi connectivity index (χ4n) is 5.82. The Morgan fingerprint density at radius 3 is 2.67 bits per heavy atom. The molecule has 0 amide bonds. The zero-order valence-corrected chi connectivity index (χ0v) is 24.4. The lowest BCUT2D eigenvalue weighted by Gasteiger charge is -2.14. The lowest BCUT2D eigenvalue weighted by Crippen LogP contribution is -2.20. The highest BCUT2D eigenvalue weighted by molar-refractivity contribution is 5.97. The van der Waals surface area contributed by atoms with Gasteiger partial charge in [-0.3, -0.25) is 20.0 Å². The summed E-state index contributed by atoms with van der Waals surface area (Å²) in [5.74, 6) is 0.290. The average molecular weight is 576 g/mol. The first-order chi connectivity index (χ1) is 21.0. The second-order valence-electron chi connectivity index (χ2n) is 11.5. The van der Waals surface area contributed by atoms with E-state index in [1.807, 2.05) is 44.7 Å². The van der Waals surface area contributed by atoms with Gasteiger partial charge in [0.05, 0.1) is 16.7 Å². The smallest absolute Gasteiger partial charge is 0.159 e. The highest BCUT2D eigenvalue weighted by Crippen LogP contribution is 2.33. The molecule has 9 nitrogen and oxygen atoms in total. The van der Waals surface area contributed by atoms with Crippen molar-refractivity contribution in [1.82, 2.24) is 39.9 Å². The molecule has 43 heavy (non-hydrogen) atoms. The fourth-order valence-corrected chi connectivity index (χ4v) is 5.82. The van der Waals surface area contributed by atoms with Crippen LogP contribution >= 0.6 is 0 Å². The Morgan fingerprint density at radius 1 is 0.930 bits per heavy atom. The van der Waals surface area contributed by atoms with Gasteiger partial charge in [0, 0.05) is 60.4 Å². The Labute approximate surface area is 249 Å². The normalized spacial score (nSPS) is 14.0. The minimum atomic E-state index is -0.329. The van der Waals surface area contributed by atoms with Gasteiger partial charge < -0.3 is 15.2 Å². The monoisotopic (exact) mass is 575 g/mol. The van der Waals surface area contributed by atoms with E-state index in [-0.39, 0.29) is 5.82 Å². The zero-order chi connectivity index (χ0) is 29.3. The summed E-state index contributed by atoms with van der Waals surface area (Å²) in [5, 5.41) is 12.0. The van der Waals surface area contributed by atoms with Gasteiger partial charge in [-0.2, -0.15) is 5.10 Å². The van der Waals surface area contributed by atoms with Gasteiger partial charge >= 0.3 is 0 Å². The molecule has 1 aliphatic heterocycles. The van der Waals surface area contributed by atoms with Crippen LogP contribution in [0.5, 0.6) is 0 Å². The van der Waals surface area contributed by atoms with Crippen molar-refractivity contribution < 1.29 is 4.39 Å². The van der Waals surface area contributed by atoms with Crippen LogP contribution in [0.4, 0.5) is 10.1 Å². The van der Waals surface area contributed by atoms with Gasteiger partial charge in [-0.15, -0.1) is 0 Å². The first kappa shape index (κ1) is 27.2. The lowest BCUT2D eigenvalue weighted by molar-refractivity contribution is 0.331. The summed E-state index contributed by atoms with van der Waals surface area (Å²) in [6.45, 7) is 4.76. The summed E-state index contributed by atoms with van der Waals surface area (Å²) in [4.78, 5) is 22.1. The highest BCUT2D eigenvalue weighted by atomic mass is 19.1. The average Bonchev–Trinajstić information content (AvgIpc) is 3.76. The number of aromatic nitrogens is 6. The summed E-state index contributed by atoms with van der Waals surface area (Å²) in [6.07, 6.45) is 8.13. The van der Waals surface area contributed by atoms with E-state index in [4.69, 9.17) is 4.98 Å². The molecular weight excluding hydrogens is 541 g/mol. The van der Waals surface area contributed by atoms with Crippen LogP contribution in [0.2, 0.25) is 0 Å². The number of pyridine rings is 2. The van der Waals surface area contributed by atoms with Gasteiger partial charge in [0.1, 0.15) is 17.0 Å². The standard InChI is InChI=1S/C33H34FN9/c1-42(2)12-9-36-26-15-23(14-25(34)17-26)30-32-29(7-8-37-30)38-33(39-32)31-27-16-22(5-6-28(27)40-41-31)24-13-21(18-35-19-24)20-43-10-3-4-11-43/h5-8,13-19,36H,3-4,9-12,20H2,1-2H3,(H,38,39)(H,40,41). The third-order valence-electron chi connectivity index (χ3n) is 7.98. The first-order valence-electron chi connectivity index (χ1n) is 14.7. The van der Waals surface area contributed by atoms with Crippen LogP contribution in [0.3, 0.4) is 0 Å². The van der Waals surface area contributed by atoms with Gasteiger partial charge in [-0.25, -0.2) is 9.37 Å². The van der Waals surface area contributed by atoms with E-state index in [0.29, 0.717) is 40.5 Å². The molecule has 218 valence electrons. The third-order valence-corrected chi connectivity index (χ3v) is 7.98. The summed E-state index contributed by atoms with van der Waals surface area (Å²) in [7, 11) is 4.01. The Balaban J connectivity index is 1.22. The summed E-state index contributed by atoms with van der Waals surface area (Å²) < 4.78 is 14.7. The second-order valence-corrected chi connectivity index (χ2v) is 11.5. The fraction of sp³-hybridized carbons (Fsp3) is 0.273. The summed E-state index contributed by atoms with van der Waals surface area (Å²) >= 11 is 0. The maximum atomic E-state index is 14.7. The molecule has 3 N–H and O–H groups in total. The number of hydrogen-bond acceptors (Lipinski definition) is 7. The number of likely N-dealkylation sites (N-methyl/N-ethyl adjacent to an activating group) is 1. The second kappa shape index (κ2) is 11.5. The number of H-pyrrole nitrogens is 2. The Hall–Kier alpha value is -4.67. The molecule has 2 aromatic carbocycles. The van der Waals surface area contributed by atoms with Crippen LogP contribution in [0.1, 0.15) is 18.4 Å². The molecule has 1 aliphatic rings. The van der Waals surface area contributed by atoms with Crippen LogP contribution in [0.25, 0.3) is 55.8 Å². The number of nitrogens with zero attached hydrogens (tertiary/aromatic N) is 6. The molecular formula is C33H34FN9. The van der Waals surface area contributed by atoms with Crippen LogP contribution in [0, 0.1) is 5.82 Å². The van der Waals surface area contributed by atoms with Crippen molar-refractivity contribution in [1.29, 1.82) is 0 Å². The van der Waals surface area contributed by atoms with Crippen molar-refractivity contribution in [2.75, 3.05) is 45.6 Å². The zero-order valence-electron chi connectivity index (χ0n) is 24.4. The van der Waals surface area contributed by atoms with Crippen molar-refractivity contribution in [3.05, 3.63) is 78.5 Å². The predicted molar refractivity (Wildman–Crippen MR) is 169 cm³/mol. The Morgan fingerprint density at radius 2 is 1.81 bits per heavy atom. The van der Waals surface area contributed by atoms with E-state index < -0.39 is 0 Å². The van der Waals surface area contributed by atoms with E-state index in [1.165, 1.54) is 30.5 Å². The number of halogens is 1. The maximum Gasteiger partial charge on any atom is 0.159 e. The number of imidazole rings is 1. The molecule has 0 radical (unpaired) electrons. The molecule has 6 aromatic rings. The van der Waals surface area contributed by atoms with E-state index in [0.717, 1.165) is 53.7 Å². The van der Waals surface area contributed by atoms with E-state index in [1.54, 1.807) is 6.20 Å².